The average Bonchev–Trinajstić information content (AvgIpc) is 2.62. The average molecular weight is 381 g/mol. The predicted octanol–water partition coefficient (Wildman–Crippen LogP) is 1.77. The van der Waals surface area contributed by atoms with E-state index in [2.05, 4.69) is 10.3 Å². The summed E-state index contributed by atoms with van der Waals surface area (Å²) in [6.07, 6.45) is 1.55. The van der Waals surface area contributed by atoms with Gasteiger partial charge in [0.15, 0.2) is 5.96 Å². The van der Waals surface area contributed by atoms with Gasteiger partial charge < -0.3 is 15.0 Å². The number of guanidine groups is 1. The number of nitrogens with one attached hydrogen (secondary N) is 1. The van der Waals surface area contributed by atoms with Crippen molar-refractivity contribution in [2.75, 3.05) is 40.3 Å². The van der Waals surface area contributed by atoms with Gasteiger partial charge in [-0.1, -0.05) is 11.6 Å². The lowest BCUT2D eigenvalue weighted by atomic mass is 10.1. The van der Waals surface area contributed by atoms with E-state index in [9.17, 15) is 9.59 Å². The molecule has 0 aromatic heterocycles. The van der Waals surface area contributed by atoms with Gasteiger partial charge in [0.1, 0.15) is 12.4 Å². The van der Waals surface area contributed by atoms with Gasteiger partial charge in [0.05, 0.1) is 6.54 Å². The van der Waals surface area contributed by atoms with Crippen LogP contribution in [0.1, 0.15) is 19.3 Å². The number of nitrogens with zero attached hydrogens (tertiary/aromatic N) is 3. The maximum absolute atomic E-state index is 11.8. The van der Waals surface area contributed by atoms with Crippen LogP contribution in [-0.2, 0) is 9.59 Å². The highest BCUT2D eigenvalue weighted by Gasteiger charge is 2.25. The van der Waals surface area contributed by atoms with Crippen LogP contribution in [0.25, 0.3) is 0 Å². The molecule has 7 nitrogen and oxygen atoms in total. The molecule has 0 bridgehead atoms. The number of aliphatic imine (C=N–C) groups is 1. The van der Waals surface area contributed by atoms with Gasteiger partial charge in [0.25, 0.3) is 0 Å². The Morgan fingerprint density at radius 3 is 2.54 bits per heavy atom. The summed E-state index contributed by atoms with van der Waals surface area (Å²) in [5, 5.41) is 3.84. The molecule has 0 aliphatic carbocycles. The standard InChI is InChI=1S/C18H25ClN4O3/c1-20-18(21-10-11-23-16(24)4-3-5-17(23)25)22(2)12-13-26-15-8-6-14(19)7-9-15/h6-9H,3-5,10-13H2,1-2H3,(H,20,21). The first-order valence-electron chi connectivity index (χ1n) is 8.64. The molecule has 1 saturated heterocycles. The number of halogens is 1. The Morgan fingerprint density at radius 1 is 1.27 bits per heavy atom. The molecule has 0 atom stereocenters. The predicted molar refractivity (Wildman–Crippen MR) is 102 cm³/mol. The van der Waals surface area contributed by atoms with Crippen molar-refractivity contribution in [2.24, 2.45) is 4.99 Å². The summed E-state index contributed by atoms with van der Waals surface area (Å²) in [5.74, 6) is 1.25. The number of likely N-dealkylation sites (tertiary alicyclic amines) is 1. The molecule has 2 amide bonds. The number of hydrogen-bond acceptors (Lipinski definition) is 4. The van der Waals surface area contributed by atoms with Gasteiger partial charge in [-0.05, 0) is 30.7 Å². The number of likely N-dealkylation sites (N-methyl/N-ethyl adjacent to an activating group) is 1. The van der Waals surface area contributed by atoms with Crippen LogP contribution in [0, 0.1) is 0 Å². The molecule has 0 spiro atoms. The maximum atomic E-state index is 11.8. The fraction of sp³-hybridized carbons (Fsp3) is 0.500. The minimum atomic E-state index is -0.0947. The SMILES string of the molecule is CN=C(NCCN1C(=O)CCCC1=O)N(C)CCOc1ccc(Cl)cc1. The molecule has 1 aliphatic rings. The molecule has 1 heterocycles. The van der Waals surface area contributed by atoms with E-state index in [1.165, 1.54) is 4.90 Å². The summed E-state index contributed by atoms with van der Waals surface area (Å²) in [7, 11) is 3.59. The van der Waals surface area contributed by atoms with Crippen LogP contribution in [0.15, 0.2) is 29.3 Å². The van der Waals surface area contributed by atoms with Crippen molar-refractivity contribution in [3.63, 3.8) is 0 Å². The van der Waals surface area contributed by atoms with Crippen LogP contribution >= 0.6 is 11.6 Å². The first kappa shape index (κ1) is 20.0. The summed E-state index contributed by atoms with van der Waals surface area (Å²) in [6.45, 7) is 1.93. The molecule has 0 saturated carbocycles. The first-order valence-corrected chi connectivity index (χ1v) is 9.02. The van der Waals surface area contributed by atoms with Gasteiger partial charge in [-0.3, -0.25) is 19.5 Å². The Hall–Kier alpha value is -2.28. The molecule has 0 unspecified atom stereocenters. The quantitative estimate of drug-likeness (QED) is 0.443. The molecule has 2 rings (SSSR count). The molecular weight excluding hydrogens is 356 g/mol. The van der Waals surface area contributed by atoms with E-state index in [-0.39, 0.29) is 11.8 Å². The summed E-state index contributed by atoms with van der Waals surface area (Å²) >= 11 is 5.85. The highest BCUT2D eigenvalue weighted by molar-refractivity contribution is 6.30. The van der Waals surface area contributed by atoms with Crippen LogP contribution in [0.3, 0.4) is 0 Å². The molecule has 142 valence electrons. The van der Waals surface area contributed by atoms with Crippen molar-refractivity contribution >= 4 is 29.4 Å². The van der Waals surface area contributed by atoms with E-state index in [1.54, 1.807) is 19.2 Å². The van der Waals surface area contributed by atoms with Gasteiger partial charge in [-0.25, -0.2) is 0 Å². The Balaban J connectivity index is 1.72. The van der Waals surface area contributed by atoms with Crippen molar-refractivity contribution in [3.05, 3.63) is 29.3 Å². The molecule has 26 heavy (non-hydrogen) atoms. The molecular formula is C18H25ClN4O3. The number of rotatable bonds is 7. The van der Waals surface area contributed by atoms with E-state index in [0.29, 0.717) is 56.5 Å². The third-order valence-electron chi connectivity index (χ3n) is 4.08. The van der Waals surface area contributed by atoms with E-state index in [0.717, 1.165) is 5.75 Å². The topological polar surface area (TPSA) is 74.2 Å². The zero-order valence-corrected chi connectivity index (χ0v) is 16.0. The van der Waals surface area contributed by atoms with E-state index in [4.69, 9.17) is 16.3 Å². The Labute approximate surface area is 159 Å². The third kappa shape index (κ3) is 5.91. The van der Waals surface area contributed by atoms with Crippen LogP contribution in [0.4, 0.5) is 0 Å². The first-order chi connectivity index (χ1) is 12.5. The minimum Gasteiger partial charge on any atom is -0.492 e. The Bertz CT molecular complexity index is 632. The number of amides is 2. The fourth-order valence-corrected chi connectivity index (χ4v) is 2.78. The summed E-state index contributed by atoms with van der Waals surface area (Å²) < 4.78 is 5.67. The molecule has 1 aliphatic heterocycles. The number of carbonyl (C=O) groups excluding carboxylic acids is 2. The van der Waals surface area contributed by atoms with Crippen LogP contribution in [0.5, 0.6) is 5.75 Å². The van der Waals surface area contributed by atoms with Gasteiger partial charge in [-0.15, -0.1) is 0 Å². The molecule has 1 N–H and O–H groups in total. The molecule has 8 heteroatoms. The third-order valence-corrected chi connectivity index (χ3v) is 4.34. The van der Waals surface area contributed by atoms with Crippen LogP contribution in [0.2, 0.25) is 5.02 Å². The number of carbonyl (C=O) groups is 2. The Morgan fingerprint density at radius 2 is 1.92 bits per heavy atom. The summed E-state index contributed by atoms with van der Waals surface area (Å²) in [5.41, 5.74) is 0. The lowest BCUT2D eigenvalue weighted by Crippen LogP contribution is -2.47. The number of piperidine rings is 1. The highest BCUT2D eigenvalue weighted by atomic mass is 35.5. The lowest BCUT2D eigenvalue weighted by Gasteiger charge is -2.26. The van der Waals surface area contributed by atoms with Crippen molar-refractivity contribution < 1.29 is 14.3 Å². The number of hydrogen-bond donors (Lipinski definition) is 1. The second-order valence-corrected chi connectivity index (χ2v) is 6.43. The smallest absolute Gasteiger partial charge is 0.229 e. The van der Waals surface area contributed by atoms with E-state index < -0.39 is 0 Å². The van der Waals surface area contributed by atoms with Gasteiger partial charge in [0, 0.05) is 45.0 Å². The highest BCUT2D eigenvalue weighted by Crippen LogP contribution is 2.15. The lowest BCUT2D eigenvalue weighted by molar-refractivity contribution is -0.147. The molecule has 0 radical (unpaired) electrons. The van der Waals surface area contributed by atoms with Crippen LogP contribution in [-0.4, -0.2) is 67.9 Å². The van der Waals surface area contributed by atoms with Gasteiger partial charge >= 0.3 is 0 Å². The van der Waals surface area contributed by atoms with Gasteiger partial charge in [0.2, 0.25) is 11.8 Å². The fourth-order valence-electron chi connectivity index (χ4n) is 2.65. The Kier molecular flexibility index (Phi) is 7.72. The minimum absolute atomic E-state index is 0.0947. The zero-order chi connectivity index (χ0) is 18.9. The monoisotopic (exact) mass is 380 g/mol. The molecule has 1 aromatic rings. The van der Waals surface area contributed by atoms with E-state index >= 15 is 0 Å². The second kappa shape index (κ2) is 10.0. The molecule has 1 fully saturated rings. The molecule has 1 aromatic carbocycles. The number of ether oxygens (including phenoxy) is 1. The number of imide groups is 1. The largest absolute Gasteiger partial charge is 0.492 e. The van der Waals surface area contributed by atoms with Crippen molar-refractivity contribution in [2.45, 2.75) is 19.3 Å². The van der Waals surface area contributed by atoms with Gasteiger partial charge in [-0.2, -0.15) is 0 Å². The van der Waals surface area contributed by atoms with Crippen molar-refractivity contribution in [1.82, 2.24) is 15.1 Å². The number of benzene rings is 1. The second-order valence-electron chi connectivity index (χ2n) is 5.99. The summed E-state index contributed by atoms with van der Waals surface area (Å²) in [4.78, 5) is 31.1. The summed E-state index contributed by atoms with van der Waals surface area (Å²) in [6, 6.07) is 7.21. The maximum Gasteiger partial charge on any atom is 0.229 e. The van der Waals surface area contributed by atoms with Crippen molar-refractivity contribution in [1.29, 1.82) is 0 Å². The van der Waals surface area contributed by atoms with Crippen molar-refractivity contribution in [3.8, 4) is 5.75 Å². The van der Waals surface area contributed by atoms with Crippen LogP contribution < -0.4 is 10.1 Å². The normalized spacial score (nSPS) is 15.2. The zero-order valence-electron chi connectivity index (χ0n) is 15.2. The van der Waals surface area contributed by atoms with E-state index in [1.807, 2.05) is 24.1 Å².